The van der Waals surface area contributed by atoms with E-state index in [1.54, 1.807) is 0 Å². The Balaban J connectivity index is 1.44. The molecule has 2 N–H and O–H groups in total. The second-order valence-electron chi connectivity index (χ2n) is 7.66. The second-order valence-corrected chi connectivity index (χ2v) is 7.66. The Morgan fingerprint density at radius 2 is 1.89 bits per heavy atom. The molecule has 0 aromatic heterocycles. The van der Waals surface area contributed by atoms with Crippen molar-refractivity contribution in [3.8, 4) is 0 Å². The SMILES string of the molecule is CN1CCN(Cc2cccc(NC(=O)C3CC(=O)Nc4ccccc43)c2)CC1. The van der Waals surface area contributed by atoms with Gasteiger partial charge in [-0.3, -0.25) is 14.5 Å². The molecule has 2 aromatic carbocycles. The number of anilines is 2. The standard InChI is InChI=1S/C22H26N4O2/c1-25-9-11-26(12-10-25)15-16-5-4-6-17(13-16)23-22(28)19-14-21(27)24-20-8-3-2-7-18(19)20/h2-8,13,19H,9-12,14-15H2,1H3,(H,23,28)(H,24,27). The summed E-state index contributed by atoms with van der Waals surface area (Å²) < 4.78 is 0. The topological polar surface area (TPSA) is 64.7 Å². The van der Waals surface area contributed by atoms with Crippen molar-refractivity contribution in [3.05, 3.63) is 59.7 Å². The van der Waals surface area contributed by atoms with E-state index in [0.717, 1.165) is 49.7 Å². The maximum Gasteiger partial charge on any atom is 0.232 e. The van der Waals surface area contributed by atoms with E-state index in [9.17, 15) is 9.59 Å². The summed E-state index contributed by atoms with van der Waals surface area (Å²) in [5.74, 6) is -0.729. The second kappa shape index (κ2) is 8.12. The van der Waals surface area contributed by atoms with Gasteiger partial charge in [-0.1, -0.05) is 30.3 Å². The van der Waals surface area contributed by atoms with E-state index >= 15 is 0 Å². The fourth-order valence-electron chi connectivity index (χ4n) is 3.89. The number of amides is 2. The highest BCUT2D eigenvalue weighted by atomic mass is 16.2. The van der Waals surface area contributed by atoms with Gasteiger partial charge in [0.2, 0.25) is 11.8 Å². The number of para-hydroxylation sites is 1. The number of carbonyl (C=O) groups is 2. The highest BCUT2D eigenvalue weighted by Crippen LogP contribution is 2.32. The van der Waals surface area contributed by atoms with Gasteiger partial charge in [-0.05, 0) is 36.4 Å². The van der Waals surface area contributed by atoms with Crippen molar-refractivity contribution in [1.82, 2.24) is 9.80 Å². The molecule has 2 aliphatic rings. The molecular formula is C22H26N4O2. The molecule has 0 spiro atoms. The van der Waals surface area contributed by atoms with E-state index < -0.39 is 5.92 Å². The van der Waals surface area contributed by atoms with Crippen LogP contribution in [0.25, 0.3) is 0 Å². The fourth-order valence-corrected chi connectivity index (χ4v) is 3.89. The molecule has 1 fully saturated rings. The molecule has 6 nitrogen and oxygen atoms in total. The number of nitrogens with zero attached hydrogens (tertiary/aromatic N) is 2. The van der Waals surface area contributed by atoms with Crippen molar-refractivity contribution in [3.63, 3.8) is 0 Å². The van der Waals surface area contributed by atoms with E-state index in [0.29, 0.717) is 0 Å². The van der Waals surface area contributed by atoms with E-state index in [4.69, 9.17) is 0 Å². The summed E-state index contributed by atoms with van der Waals surface area (Å²) >= 11 is 0. The Kier molecular flexibility index (Phi) is 5.41. The molecule has 0 radical (unpaired) electrons. The summed E-state index contributed by atoms with van der Waals surface area (Å²) in [5, 5.41) is 5.85. The van der Waals surface area contributed by atoms with E-state index in [-0.39, 0.29) is 18.2 Å². The number of likely N-dealkylation sites (N-methyl/N-ethyl adjacent to an activating group) is 1. The summed E-state index contributed by atoms with van der Waals surface area (Å²) in [6.45, 7) is 5.16. The number of hydrogen-bond donors (Lipinski definition) is 2. The molecule has 2 aromatic rings. The fraction of sp³-hybridized carbons (Fsp3) is 0.364. The van der Waals surface area contributed by atoms with Crippen molar-refractivity contribution in [1.29, 1.82) is 0 Å². The Bertz CT molecular complexity index is 874. The molecule has 2 amide bonds. The van der Waals surface area contributed by atoms with Crippen LogP contribution in [0, 0.1) is 0 Å². The Labute approximate surface area is 165 Å². The van der Waals surface area contributed by atoms with Gasteiger partial charge in [0.1, 0.15) is 0 Å². The first-order valence-electron chi connectivity index (χ1n) is 9.78. The molecule has 0 aliphatic carbocycles. The van der Waals surface area contributed by atoms with Crippen LogP contribution in [0.5, 0.6) is 0 Å². The largest absolute Gasteiger partial charge is 0.326 e. The molecule has 146 valence electrons. The summed E-state index contributed by atoms with van der Waals surface area (Å²) in [4.78, 5) is 29.7. The Morgan fingerprint density at radius 1 is 1.11 bits per heavy atom. The predicted molar refractivity (Wildman–Crippen MR) is 110 cm³/mol. The number of carbonyl (C=O) groups excluding carboxylic acids is 2. The van der Waals surface area contributed by atoms with E-state index in [2.05, 4.69) is 33.5 Å². The third kappa shape index (κ3) is 4.24. The zero-order valence-electron chi connectivity index (χ0n) is 16.1. The summed E-state index contributed by atoms with van der Waals surface area (Å²) in [7, 11) is 2.15. The smallest absolute Gasteiger partial charge is 0.232 e. The van der Waals surface area contributed by atoms with Crippen LogP contribution in [-0.4, -0.2) is 54.8 Å². The lowest BCUT2D eigenvalue weighted by atomic mass is 9.90. The van der Waals surface area contributed by atoms with Crippen LogP contribution in [0.3, 0.4) is 0 Å². The van der Waals surface area contributed by atoms with Gasteiger partial charge in [-0.2, -0.15) is 0 Å². The normalized spacial score (nSPS) is 20.3. The van der Waals surface area contributed by atoms with E-state index in [1.165, 1.54) is 5.56 Å². The maximum absolute atomic E-state index is 12.9. The number of rotatable bonds is 4. The van der Waals surface area contributed by atoms with Crippen molar-refractivity contribution in [2.24, 2.45) is 0 Å². The molecule has 6 heteroatoms. The summed E-state index contributed by atoms with van der Waals surface area (Å²) in [5.41, 5.74) is 3.56. The number of nitrogens with one attached hydrogen (secondary N) is 2. The lowest BCUT2D eigenvalue weighted by Crippen LogP contribution is -2.43. The predicted octanol–water partition coefficient (Wildman–Crippen LogP) is 2.50. The number of benzene rings is 2. The maximum atomic E-state index is 12.9. The van der Waals surface area contributed by atoms with Gasteiger partial charge in [0.15, 0.2) is 0 Å². The summed E-state index contributed by atoms with van der Waals surface area (Å²) in [6, 6.07) is 15.5. The van der Waals surface area contributed by atoms with Crippen LogP contribution in [0.2, 0.25) is 0 Å². The number of fused-ring (bicyclic) bond motifs is 1. The van der Waals surface area contributed by atoms with Gasteiger partial charge >= 0.3 is 0 Å². The molecule has 1 atom stereocenters. The highest BCUT2D eigenvalue weighted by Gasteiger charge is 2.30. The van der Waals surface area contributed by atoms with Crippen molar-refractivity contribution >= 4 is 23.2 Å². The van der Waals surface area contributed by atoms with Crippen molar-refractivity contribution < 1.29 is 9.59 Å². The molecule has 4 rings (SSSR count). The minimum atomic E-state index is -0.466. The lowest BCUT2D eigenvalue weighted by Gasteiger charge is -2.32. The Morgan fingerprint density at radius 3 is 2.71 bits per heavy atom. The average Bonchev–Trinajstić information content (AvgIpc) is 2.69. The Hall–Kier alpha value is -2.70. The molecule has 2 aliphatic heterocycles. The van der Waals surface area contributed by atoms with Gasteiger partial charge < -0.3 is 15.5 Å². The molecule has 0 saturated carbocycles. The van der Waals surface area contributed by atoms with Crippen LogP contribution < -0.4 is 10.6 Å². The first-order valence-corrected chi connectivity index (χ1v) is 9.78. The van der Waals surface area contributed by atoms with Gasteiger partial charge in [0.05, 0.1) is 5.92 Å². The monoisotopic (exact) mass is 378 g/mol. The molecular weight excluding hydrogens is 352 g/mol. The van der Waals surface area contributed by atoms with Crippen LogP contribution in [0.4, 0.5) is 11.4 Å². The van der Waals surface area contributed by atoms with Crippen molar-refractivity contribution in [2.75, 3.05) is 43.9 Å². The van der Waals surface area contributed by atoms with Crippen LogP contribution in [0.1, 0.15) is 23.5 Å². The van der Waals surface area contributed by atoms with E-state index in [1.807, 2.05) is 42.5 Å². The quantitative estimate of drug-likeness (QED) is 0.858. The van der Waals surface area contributed by atoms with Gasteiger partial charge in [-0.15, -0.1) is 0 Å². The third-order valence-corrected chi connectivity index (χ3v) is 5.51. The summed E-state index contributed by atoms with van der Waals surface area (Å²) in [6.07, 6.45) is 0.170. The molecule has 28 heavy (non-hydrogen) atoms. The molecule has 1 unspecified atom stereocenters. The molecule has 0 bridgehead atoms. The minimum absolute atomic E-state index is 0.123. The van der Waals surface area contributed by atoms with Crippen LogP contribution >= 0.6 is 0 Å². The third-order valence-electron chi connectivity index (χ3n) is 5.51. The zero-order valence-corrected chi connectivity index (χ0v) is 16.1. The van der Waals surface area contributed by atoms with Gasteiger partial charge in [0.25, 0.3) is 0 Å². The number of piperazine rings is 1. The first kappa shape index (κ1) is 18.7. The number of hydrogen-bond acceptors (Lipinski definition) is 4. The van der Waals surface area contributed by atoms with Gasteiger partial charge in [-0.25, -0.2) is 0 Å². The first-order chi connectivity index (χ1) is 13.6. The molecule has 2 heterocycles. The zero-order chi connectivity index (χ0) is 19.5. The average molecular weight is 378 g/mol. The lowest BCUT2D eigenvalue weighted by molar-refractivity contribution is -0.123. The van der Waals surface area contributed by atoms with Crippen molar-refractivity contribution in [2.45, 2.75) is 18.9 Å². The van der Waals surface area contributed by atoms with Gasteiger partial charge in [0, 0.05) is 50.5 Å². The molecule has 1 saturated heterocycles. The highest BCUT2D eigenvalue weighted by molar-refractivity contribution is 6.05. The van der Waals surface area contributed by atoms with Crippen LogP contribution in [0.15, 0.2) is 48.5 Å². The van der Waals surface area contributed by atoms with Crippen LogP contribution in [-0.2, 0) is 16.1 Å². The minimum Gasteiger partial charge on any atom is -0.326 e.